The third kappa shape index (κ3) is 2.37. The van der Waals surface area contributed by atoms with Crippen LogP contribution in [0.2, 0.25) is 0 Å². The minimum atomic E-state index is 0.130. The molecule has 19 heavy (non-hydrogen) atoms. The molecule has 0 aliphatic heterocycles. The number of benzene rings is 1. The lowest BCUT2D eigenvalue weighted by molar-refractivity contribution is 0.0701. The number of para-hydroxylation sites is 1. The van der Waals surface area contributed by atoms with E-state index in [1.165, 1.54) is 19.3 Å². The highest BCUT2D eigenvalue weighted by molar-refractivity contribution is 5.98. The second kappa shape index (κ2) is 5.08. The van der Waals surface area contributed by atoms with E-state index in [0.717, 1.165) is 24.0 Å². The van der Waals surface area contributed by atoms with E-state index in [-0.39, 0.29) is 5.91 Å². The van der Waals surface area contributed by atoms with Crippen LogP contribution in [0.4, 0.5) is 0 Å². The molecule has 0 saturated heterocycles. The van der Waals surface area contributed by atoms with Gasteiger partial charge in [0.2, 0.25) is 0 Å². The molecule has 1 N–H and O–H groups in total. The minimum Gasteiger partial charge on any atom is -0.351 e. The largest absolute Gasteiger partial charge is 0.351 e. The maximum atomic E-state index is 12.5. The van der Waals surface area contributed by atoms with Gasteiger partial charge in [-0.3, -0.25) is 4.79 Å². The number of carbonyl (C=O) groups excluding carboxylic acids is 1. The number of aromatic nitrogens is 1. The van der Waals surface area contributed by atoms with Gasteiger partial charge in [0.05, 0.1) is 0 Å². The van der Waals surface area contributed by atoms with Crippen molar-refractivity contribution in [2.75, 3.05) is 13.1 Å². The molecule has 0 unspecified atom stereocenters. The van der Waals surface area contributed by atoms with Gasteiger partial charge in [-0.25, -0.2) is 0 Å². The summed E-state index contributed by atoms with van der Waals surface area (Å²) >= 11 is 0. The second-order valence-electron chi connectivity index (χ2n) is 5.41. The van der Waals surface area contributed by atoms with E-state index in [0.29, 0.717) is 11.6 Å². The predicted octanol–water partition coefficient (Wildman–Crippen LogP) is 3.43. The lowest BCUT2D eigenvalue weighted by Crippen LogP contribution is -2.37. The minimum absolute atomic E-state index is 0.130. The number of hydrogen-bond acceptors (Lipinski definition) is 1. The van der Waals surface area contributed by atoms with Crippen molar-refractivity contribution in [1.82, 2.24) is 9.88 Å². The highest BCUT2D eigenvalue weighted by atomic mass is 16.2. The Morgan fingerprint density at radius 2 is 2.16 bits per heavy atom. The van der Waals surface area contributed by atoms with Crippen molar-refractivity contribution in [2.45, 2.75) is 26.2 Å². The van der Waals surface area contributed by atoms with Gasteiger partial charge in [0.15, 0.2) is 0 Å². The maximum absolute atomic E-state index is 12.5. The number of carbonyl (C=O) groups is 1. The topological polar surface area (TPSA) is 36.1 Å². The van der Waals surface area contributed by atoms with Crippen LogP contribution < -0.4 is 0 Å². The molecular formula is C16H20N2O. The molecule has 1 fully saturated rings. The molecule has 100 valence electrons. The van der Waals surface area contributed by atoms with E-state index in [2.05, 4.69) is 11.9 Å². The first-order valence-electron chi connectivity index (χ1n) is 7.15. The quantitative estimate of drug-likeness (QED) is 0.893. The van der Waals surface area contributed by atoms with E-state index in [1.807, 2.05) is 35.2 Å². The summed E-state index contributed by atoms with van der Waals surface area (Å²) in [7, 11) is 0. The predicted molar refractivity (Wildman–Crippen MR) is 77.2 cm³/mol. The van der Waals surface area contributed by atoms with E-state index in [1.54, 1.807) is 0 Å². The number of nitrogens with zero attached hydrogens (tertiary/aromatic N) is 1. The lowest BCUT2D eigenvalue weighted by Gasteiger charge is -2.31. The van der Waals surface area contributed by atoms with Crippen LogP contribution in [-0.4, -0.2) is 28.9 Å². The van der Waals surface area contributed by atoms with Crippen LogP contribution in [0.25, 0.3) is 10.9 Å². The Balaban J connectivity index is 1.80. The molecule has 1 aromatic carbocycles. The molecule has 0 spiro atoms. The molecule has 0 bridgehead atoms. The van der Waals surface area contributed by atoms with Gasteiger partial charge < -0.3 is 9.88 Å². The molecule has 0 radical (unpaired) electrons. The van der Waals surface area contributed by atoms with Gasteiger partial charge in [-0.05, 0) is 37.8 Å². The van der Waals surface area contributed by atoms with Gasteiger partial charge in [-0.15, -0.1) is 0 Å². The van der Waals surface area contributed by atoms with Crippen LogP contribution in [0, 0.1) is 5.92 Å². The Morgan fingerprint density at radius 1 is 1.37 bits per heavy atom. The standard InChI is InChI=1S/C16H20N2O/c1-2-18(11-12-6-5-7-12)16(19)15-10-13-8-3-4-9-14(13)17-15/h3-4,8-10,12,17H,2,5-7,11H2,1H3. The molecule has 2 aromatic rings. The first-order chi connectivity index (χ1) is 9.28. The summed E-state index contributed by atoms with van der Waals surface area (Å²) < 4.78 is 0. The number of amides is 1. The molecule has 3 rings (SSSR count). The van der Waals surface area contributed by atoms with Gasteiger partial charge in [0.25, 0.3) is 5.91 Å². The van der Waals surface area contributed by atoms with Gasteiger partial charge in [0.1, 0.15) is 5.69 Å². The van der Waals surface area contributed by atoms with Crippen molar-refractivity contribution in [3.8, 4) is 0 Å². The SMILES string of the molecule is CCN(CC1CCC1)C(=O)c1cc2ccccc2[nH]1. The third-order valence-electron chi connectivity index (χ3n) is 4.13. The van der Waals surface area contributed by atoms with E-state index < -0.39 is 0 Å². The van der Waals surface area contributed by atoms with Gasteiger partial charge >= 0.3 is 0 Å². The van der Waals surface area contributed by atoms with Crippen molar-refractivity contribution < 1.29 is 4.79 Å². The van der Waals surface area contributed by atoms with Crippen molar-refractivity contribution in [1.29, 1.82) is 0 Å². The summed E-state index contributed by atoms with van der Waals surface area (Å²) in [6.45, 7) is 3.74. The number of nitrogens with one attached hydrogen (secondary N) is 1. The van der Waals surface area contributed by atoms with Crippen LogP contribution in [0.15, 0.2) is 30.3 Å². The van der Waals surface area contributed by atoms with Gasteiger partial charge in [0, 0.05) is 24.0 Å². The molecule has 1 aromatic heterocycles. The number of hydrogen-bond donors (Lipinski definition) is 1. The summed E-state index contributed by atoms with van der Waals surface area (Å²) in [5.41, 5.74) is 1.74. The fourth-order valence-corrected chi connectivity index (χ4v) is 2.70. The van der Waals surface area contributed by atoms with Crippen LogP contribution in [0.1, 0.15) is 36.7 Å². The molecular weight excluding hydrogens is 236 g/mol. The molecule has 3 nitrogen and oxygen atoms in total. The summed E-state index contributed by atoms with van der Waals surface area (Å²) in [5.74, 6) is 0.846. The average molecular weight is 256 g/mol. The zero-order valence-electron chi connectivity index (χ0n) is 11.4. The summed E-state index contributed by atoms with van der Waals surface area (Å²) in [6, 6.07) is 9.98. The van der Waals surface area contributed by atoms with Crippen molar-refractivity contribution in [2.24, 2.45) is 5.92 Å². The summed E-state index contributed by atoms with van der Waals surface area (Å²) in [4.78, 5) is 17.7. The summed E-state index contributed by atoms with van der Waals surface area (Å²) in [5, 5.41) is 1.10. The third-order valence-corrected chi connectivity index (χ3v) is 4.13. The normalized spacial score (nSPS) is 15.4. The van der Waals surface area contributed by atoms with Crippen molar-refractivity contribution in [3.63, 3.8) is 0 Å². The fraction of sp³-hybridized carbons (Fsp3) is 0.438. The van der Waals surface area contributed by atoms with Crippen LogP contribution in [-0.2, 0) is 0 Å². The molecule has 1 aliphatic rings. The summed E-state index contributed by atoms with van der Waals surface area (Å²) in [6.07, 6.45) is 3.87. The van der Waals surface area contributed by atoms with Crippen molar-refractivity contribution >= 4 is 16.8 Å². The van der Waals surface area contributed by atoms with Gasteiger partial charge in [-0.1, -0.05) is 24.6 Å². The first-order valence-corrected chi connectivity index (χ1v) is 7.15. The average Bonchev–Trinajstić information content (AvgIpc) is 2.81. The van der Waals surface area contributed by atoms with Crippen LogP contribution in [0.3, 0.4) is 0 Å². The zero-order valence-corrected chi connectivity index (χ0v) is 11.4. The Bertz CT molecular complexity index is 550. The first kappa shape index (κ1) is 12.3. The molecule has 1 saturated carbocycles. The monoisotopic (exact) mass is 256 g/mol. The Kier molecular flexibility index (Phi) is 3.28. The maximum Gasteiger partial charge on any atom is 0.270 e. The second-order valence-corrected chi connectivity index (χ2v) is 5.41. The molecule has 3 heteroatoms. The number of H-pyrrole nitrogens is 1. The smallest absolute Gasteiger partial charge is 0.270 e. The highest BCUT2D eigenvalue weighted by Crippen LogP contribution is 2.27. The lowest BCUT2D eigenvalue weighted by atomic mass is 9.85. The number of aromatic amines is 1. The Hall–Kier alpha value is -1.77. The zero-order chi connectivity index (χ0) is 13.2. The van der Waals surface area contributed by atoms with E-state index in [4.69, 9.17) is 0 Å². The number of rotatable bonds is 4. The fourth-order valence-electron chi connectivity index (χ4n) is 2.70. The Morgan fingerprint density at radius 3 is 2.79 bits per heavy atom. The Labute approximate surface area is 113 Å². The number of fused-ring (bicyclic) bond motifs is 1. The molecule has 1 aliphatic carbocycles. The molecule has 0 atom stereocenters. The van der Waals surface area contributed by atoms with E-state index in [9.17, 15) is 4.79 Å². The van der Waals surface area contributed by atoms with Crippen LogP contribution >= 0.6 is 0 Å². The van der Waals surface area contributed by atoms with Crippen LogP contribution in [0.5, 0.6) is 0 Å². The van der Waals surface area contributed by atoms with E-state index >= 15 is 0 Å². The van der Waals surface area contributed by atoms with Gasteiger partial charge in [-0.2, -0.15) is 0 Å². The highest BCUT2D eigenvalue weighted by Gasteiger charge is 2.24. The molecule has 1 amide bonds. The molecule has 1 heterocycles. The van der Waals surface area contributed by atoms with Crippen molar-refractivity contribution in [3.05, 3.63) is 36.0 Å².